The van der Waals surface area contributed by atoms with Crippen LogP contribution in [0.3, 0.4) is 0 Å². The van der Waals surface area contributed by atoms with Gasteiger partial charge in [-0.15, -0.1) is 0 Å². The van der Waals surface area contributed by atoms with Crippen molar-refractivity contribution in [2.75, 3.05) is 17.7 Å². The van der Waals surface area contributed by atoms with Gasteiger partial charge >= 0.3 is 0 Å². The van der Waals surface area contributed by atoms with Crippen molar-refractivity contribution in [3.05, 3.63) is 94.5 Å². The molecule has 7 heteroatoms. The zero-order valence-electron chi connectivity index (χ0n) is 21.2. The average molecular weight is 495 g/mol. The van der Waals surface area contributed by atoms with E-state index in [1.165, 1.54) is 4.31 Å². The van der Waals surface area contributed by atoms with E-state index in [1.54, 1.807) is 31.4 Å². The van der Waals surface area contributed by atoms with E-state index in [0.717, 1.165) is 34.3 Å². The summed E-state index contributed by atoms with van der Waals surface area (Å²) >= 11 is 0. The summed E-state index contributed by atoms with van der Waals surface area (Å²) in [5.74, 6) is 0.750. The number of carbonyl (C=O) groups excluding carboxylic acids is 1. The lowest BCUT2D eigenvalue weighted by Gasteiger charge is -2.26. The number of methoxy groups -OCH3 is 1. The Morgan fingerprint density at radius 2 is 1.60 bits per heavy atom. The Morgan fingerprint density at radius 1 is 0.971 bits per heavy atom. The first kappa shape index (κ1) is 26.3. The van der Waals surface area contributed by atoms with E-state index in [1.807, 2.05) is 50.2 Å². The van der Waals surface area contributed by atoms with Crippen molar-refractivity contribution in [1.29, 1.82) is 0 Å². The quantitative estimate of drug-likeness (QED) is 0.421. The Labute approximate surface area is 209 Å². The summed E-state index contributed by atoms with van der Waals surface area (Å²) in [5, 5.41) is 3.07. The molecule has 1 amide bonds. The third-order valence-electron chi connectivity index (χ3n) is 6.04. The molecule has 0 unspecified atom stereocenters. The first-order valence-corrected chi connectivity index (χ1v) is 13.5. The fourth-order valence-electron chi connectivity index (χ4n) is 4.18. The molecular weight excluding hydrogens is 460 g/mol. The van der Waals surface area contributed by atoms with Gasteiger partial charge in [-0.05, 0) is 66.3 Å². The third-order valence-corrected chi connectivity index (χ3v) is 7.17. The minimum absolute atomic E-state index is 0.134. The molecule has 35 heavy (non-hydrogen) atoms. The van der Waals surface area contributed by atoms with E-state index in [0.29, 0.717) is 11.3 Å². The molecule has 0 fully saturated rings. The molecule has 0 aliphatic carbocycles. The van der Waals surface area contributed by atoms with Crippen molar-refractivity contribution < 1.29 is 17.9 Å². The van der Waals surface area contributed by atoms with E-state index in [-0.39, 0.29) is 24.4 Å². The average Bonchev–Trinajstić information content (AvgIpc) is 2.81. The van der Waals surface area contributed by atoms with E-state index < -0.39 is 10.0 Å². The summed E-state index contributed by atoms with van der Waals surface area (Å²) in [6.07, 6.45) is 1.15. The van der Waals surface area contributed by atoms with Gasteiger partial charge in [-0.3, -0.25) is 9.10 Å². The second-order valence-corrected chi connectivity index (χ2v) is 11.0. The van der Waals surface area contributed by atoms with Gasteiger partial charge in [-0.2, -0.15) is 0 Å². The Morgan fingerprint density at radius 3 is 2.20 bits per heavy atom. The van der Waals surface area contributed by atoms with Crippen molar-refractivity contribution in [2.45, 2.75) is 46.2 Å². The molecule has 0 saturated heterocycles. The van der Waals surface area contributed by atoms with Crippen LogP contribution in [0.15, 0.2) is 66.7 Å². The smallest absolute Gasteiger partial charge is 0.253 e. The van der Waals surface area contributed by atoms with Gasteiger partial charge in [0.15, 0.2) is 0 Å². The van der Waals surface area contributed by atoms with Gasteiger partial charge in [0.25, 0.3) is 5.91 Å². The van der Waals surface area contributed by atoms with E-state index in [9.17, 15) is 13.2 Å². The molecule has 1 N–H and O–H groups in total. The largest absolute Gasteiger partial charge is 0.496 e. The van der Waals surface area contributed by atoms with Crippen LogP contribution in [0.1, 0.15) is 65.3 Å². The molecule has 3 rings (SSSR count). The van der Waals surface area contributed by atoms with Crippen LogP contribution < -0.4 is 14.4 Å². The van der Waals surface area contributed by atoms with Gasteiger partial charge in [0.05, 0.1) is 37.2 Å². The molecule has 3 aromatic carbocycles. The number of hydrogen-bond acceptors (Lipinski definition) is 4. The van der Waals surface area contributed by atoms with Gasteiger partial charge in [0.1, 0.15) is 5.75 Å². The second-order valence-electron chi connectivity index (χ2n) is 9.07. The van der Waals surface area contributed by atoms with Gasteiger partial charge in [0.2, 0.25) is 10.0 Å². The molecule has 0 aliphatic rings. The van der Waals surface area contributed by atoms with E-state index in [4.69, 9.17) is 4.74 Å². The summed E-state index contributed by atoms with van der Waals surface area (Å²) < 4.78 is 32.3. The summed E-state index contributed by atoms with van der Waals surface area (Å²) in [6, 6.07) is 19.9. The van der Waals surface area contributed by atoms with Crippen LogP contribution in [-0.2, 0) is 16.6 Å². The van der Waals surface area contributed by atoms with Crippen LogP contribution in [0.2, 0.25) is 0 Å². The highest BCUT2D eigenvalue weighted by Gasteiger charge is 2.25. The number of rotatable bonds is 9. The topological polar surface area (TPSA) is 75.7 Å². The molecule has 0 heterocycles. The monoisotopic (exact) mass is 494 g/mol. The standard InChI is InChI=1S/C28H34N2O4S/c1-19(2)24-17-25(20(3)16-27(24)34-5)21(4)29-28(31)23-14-10-11-15-26(23)30(35(6,32)33)18-22-12-8-7-9-13-22/h7-17,19,21H,18H2,1-6H3,(H,29,31)/t21-/m1/s1. The van der Waals surface area contributed by atoms with Crippen LogP contribution in [-0.4, -0.2) is 27.7 Å². The highest BCUT2D eigenvalue weighted by atomic mass is 32.2. The molecule has 0 bridgehead atoms. The fourth-order valence-corrected chi connectivity index (χ4v) is 5.08. The number of ether oxygens (including phenoxy) is 1. The zero-order chi connectivity index (χ0) is 25.8. The third kappa shape index (κ3) is 6.22. The molecule has 186 valence electrons. The molecule has 0 spiro atoms. The lowest BCUT2D eigenvalue weighted by molar-refractivity contribution is 0.0940. The Hall–Kier alpha value is -3.32. The predicted octanol–water partition coefficient (Wildman–Crippen LogP) is 5.58. The lowest BCUT2D eigenvalue weighted by Crippen LogP contribution is -2.33. The van der Waals surface area contributed by atoms with E-state index >= 15 is 0 Å². The molecule has 0 aromatic heterocycles. The Kier molecular flexibility index (Phi) is 8.22. The van der Waals surface area contributed by atoms with Gasteiger partial charge in [-0.1, -0.05) is 56.3 Å². The van der Waals surface area contributed by atoms with Crippen LogP contribution in [0.4, 0.5) is 5.69 Å². The minimum Gasteiger partial charge on any atom is -0.496 e. The number of anilines is 1. The van der Waals surface area contributed by atoms with Crippen molar-refractivity contribution in [3.63, 3.8) is 0 Å². The number of hydrogen-bond donors (Lipinski definition) is 1. The number of para-hydroxylation sites is 1. The molecule has 0 radical (unpaired) electrons. The first-order chi connectivity index (χ1) is 16.5. The second kappa shape index (κ2) is 11.0. The van der Waals surface area contributed by atoms with Crippen molar-refractivity contribution >= 4 is 21.6 Å². The SMILES string of the molecule is COc1cc(C)c([C@@H](C)NC(=O)c2ccccc2N(Cc2ccccc2)S(C)(=O)=O)cc1C(C)C. The van der Waals surface area contributed by atoms with Crippen molar-refractivity contribution in [3.8, 4) is 5.75 Å². The summed E-state index contributed by atoms with van der Waals surface area (Å²) in [7, 11) is -1.98. The maximum Gasteiger partial charge on any atom is 0.253 e. The van der Waals surface area contributed by atoms with Crippen molar-refractivity contribution in [1.82, 2.24) is 5.32 Å². The normalized spacial score (nSPS) is 12.3. The van der Waals surface area contributed by atoms with Crippen LogP contribution in [0.5, 0.6) is 5.75 Å². The van der Waals surface area contributed by atoms with Gasteiger partial charge in [-0.25, -0.2) is 8.42 Å². The number of amides is 1. The molecule has 6 nitrogen and oxygen atoms in total. The predicted molar refractivity (Wildman–Crippen MR) is 142 cm³/mol. The first-order valence-electron chi connectivity index (χ1n) is 11.6. The molecule has 0 saturated carbocycles. The molecular formula is C28H34N2O4S. The number of carbonyl (C=O) groups is 1. The number of nitrogens with one attached hydrogen (secondary N) is 1. The van der Waals surface area contributed by atoms with Crippen LogP contribution in [0, 0.1) is 6.92 Å². The zero-order valence-corrected chi connectivity index (χ0v) is 22.0. The number of aryl methyl sites for hydroxylation is 1. The van der Waals surface area contributed by atoms with E-state index in [2.05, 4.69) is 25.2 Å². The fraction of sp³-hybridized carbons (Fsp3) is 0.321. The minimum atomic E-state index is -3.64. The maximum atomic E-state index is 13.4. The van der Waals surface area contributed by atoms with Crippen molar-refractivity contribution in [2.24, 2.45) is 0 Å². The molecule has 1 atom stereocenters. The number of sulfonamides is 1. The highest BCUT2D eigenvalue weighted by Crippen LogP contribution is 2.32. The van der Waals surface area contributed by atoms with Crippen LogP contribution in [0.25, 0.3) is 0 Å². The maximum absolute atomic E-state index is 13.4. The molecule has 0 aliphatic heterocycles. The van der Waals surface area contributed by atoms with Gasteiger partial charge in [0, 0.05) is 0 Å². The number of nitrogens with zero attached hydrogens (tertiary/aromatic N) is 1. The van der Waals surface area contributed by atoms with Gasteiger partial charge < -0.3 is 10.1 Å². The Balaban J connectivity index is 1.95. The lowest BCUT2D eigenvalue weighted by atomic mass is 9.93. The number of benzene rings is 3. The Bertz CT molecular complexity index is 1290. The molecule has 3 aromatic rings. The summed E-state index contributed by atoms with van der Waals surface area (Å²) in [4.78, 5) is 13.4. The highest BCUT2D eigenvalue weighted by molar-refractivity contribution is 7.92. The summed E-state index contributed by atoms with van der Waals surface area (Å²) in [5.41, 5.74) is 4.55. The van der Waals surface area contributed by atoms with Crippen LogP contribution >= 0.6 is 0 Å². The summed E-state index contributed by atoms with van der Waals surface area (Å²) in [6.45, 7) is 8.25.